The van der Waals surface area contributed by atoms with Gasteiger partial charge in [0.05, 0.1) is 18.8 Å². The standard InChI is InChI=1S/C14H17FO3/c1-17-9-4-10-18-13-7-6-12(14(15)11-13)5-2-3-8-16/h6-7,11,16H,3-4,8-10H2,1H3. The first-order valence-electron chi connectivity index (χ1n) is 5.79. The quantitative estimate of drug-likeness (QED) is 0.621. The van der Waals surface area contributed by atoms with Gasteiger partial charge in [-0.05, 0) is 12.1 Å². The van der Waals surface area contributed by atoms with Crippen molar-refractivity contribution in [2.75, 3.05) is 26.9 Å². The van der Waals surface area contributed by atoms with E-state index in [9.17, 15) is 4.39 Å². The molecule has 4 heteroatoms. The highest BCUT2D eigenvalue weighted by Crippen LogP contribution is 2.16. The van der Waals surface area contributed by atoms with E-state index in [0.29, 0.717) is 30.9 Å². The molecule has 1 rings (SSSR count). The lowest BCUT2D eigenvalue weighted by Gasteiger charge is -2.06. The Morgan fingerprint density at radius 1 is 1.33 bits per heavy atom. The van der Waals surface area contributed by atoms with E-state index < -0.39 is 5.82 Å². The van der Waals surface area contributed by atoms with E-state index in [1.54, 1.807) is 19.2 Å². The third kappa shape index (κ3) is 5.17. The van der Waals surface area contributed by atoms with Crippen LogP contribution in [-0.4, -0.2) is 32.0 Å². The van der Waals surface area contributed by atoms with Gasteiger partial charge in [-0.25, -0.2) is 4.39 Å². The van der Waals surface area contributed by atoms with Crippen LogP contribution in [0.2, 0.25) is 0 Å². The second-order valence-corrected chi connectivity index (χ2v) is 3.61. The Labute approximate surface area is 107 Å². The molecule has 3 nitrogen and oxygen atoms in total. The van der Waals surface area contributed by atoms with Gasteiger partial charge in [0, 0.05) is 32.6 Å². The van der Waals surface area contributed by atoms with Crippen LogP contribution in [0.15, 0.2) is 18.2 Å². The van der Waals surface area contributed by atoms with Crippen molar-refractivity contribution in [1.82, 2.24) is 0 Å². The summed E-state index contributed by atoms with van der Waals surface area (Å²) in [5, 5.41) is 8.57. The average molecular weight is 252 g/mol. The smallest absolute Gasteiger partial charge is 0.142 e. The topological polar surface area (TPSA) is 38.7 Å². The zero-order valence-corrected chi connectivity index (χ0v) is 10.4. The summed E-state index contributed by atoms with van der Waals surface area (Å²) in [6.45, 7) is 1.09. The molecule has 0 radical (unpaired) electrons. The summed E-state index contributed by atoms with van der Waals surface area (Å²) in [5.74, 6) is 5.40. The fourth-order valence-electron chi connectivity index (χ4n) is 1.29. The highest BCUT2D eigenvalue weighted by Gasteiger charge is 2.01. The Bertz CT molecular complexity index is 421. The van der Waals surface area contributed by atoms with E-state index >= 15 is 0 Å². The number of hydrogen-bond acceptors (Lipinski definition) is 3. The van der Waals surface area contributed by atoms with E-state index in [4.69, 9.17) is 14.6 Å². The van der Waals surface area contributed by atoms with Crippen molar-refractivity contribution in [3.8, 4) is 17.6 Å². The normalized spacial score (nSPS) is 9.72. The van der Waals surface area contributed by atoms with Crippen LogP contribution >= 0.6 is 0 Å². The molecule has 0 heterocycles. The number of aliphatic hydroxyl groups excluding tert-OH is 1. The summed E-state index contributed by atoms with van der Waals surface area (Å²) < 4.78 is 23.8. The third-order valence-electron chi connectivity index (χ3n) is 2.16. The first-order chi connectivity index (χ1) is 8.77. The Kier molecular flexibility index (Phi) is 6.85. The molecule has 0 atom stereocenters. The Hall–Kier alpha value is -1.57. The van der Waals surface area contributed by atoms with Crippen LogP contribution in [0.3, 0.4) is 0 Å². The molecule has 0 bridgehead atoms. The van der Waals surface area contributed by atoms with Crippen molar-refractivity contribution in [2.24, 2.45) is 0 Å². The summed E-state index contributed by atoms with van der Waals surface area (Å²) in [5.41, 5.74) is 0.313. The molecule has 0 aliphatic carbocycles. The number of aliphatic hydroxyl groups is 1. The molecule has 1 aromatic carbocycles. The van der Waals surface area contributed by atoms with Crippen LogP contribution in [0.1, 0.15) is 18.4 Å². The average Bonchev–Trinajstić information content (AvgIpc) is 2.37. The van der Waals surface area contributed by atoms with Crippen LogP contribution in [0.5, 0.6) is 5.75 Å². The Morgan fingerprint density at radius 3 is 2.83 bits per heavy atom. The van der Waals surface area contributed by atoms with Crippen molar-refractivity contribution in [3.05, 3.63) is 29.6 Å². The van der Waals surface area contributed by atoms with Crippen molar-refractivity contribution >= 4 is 0 Å². The fourth-order valence-corrected chi connectivity index (χ4v) is 1.29. The molecule has 1 N–H and O–H groups in total. The number of hydrogen-bond donors (Lipinski definition) is 1. The summed E-state index contributed by atoms with van der Waals surface area (Å²) >= 11 is 0. The first-order valence-corrected chi connectivity index (χ1v) is 5.79. The van der Waals surface area contributed by atoms with Gasteiger partial charge in [-0.1, -0.05) is 11.8 Å². The zero-order chi connectivity index (χ0) is 13.2. The van der Waals surface area contributed by atoms with Crippen molar-refractivity contribution < 1.29 is 19.0 Å². The van der Waals surface area contributed by atoms with Gasteiger partial charge < -0.3 is 14.6 Å². The van der Waals surface area contributed by atoms with Crippen molar-refractivity contribution in [3.63, 3.8) is 0 Å². The molecule has 0 saturated carbocycles. The van der Waals surface area contributed by atoms with Crippen LogP contribution in [0.25, 0.3) is 0 Å². The number of halogens is 1. The van der Waals surface area contributed by atoms with Gasteiger partial charge in [0.1, 0.15) is 11.6 Å². The predicted octanol–water partition coefficient (Wildman–Crippen LogP) is 1.97. The number of methoxy groups -OCH3 is 1. The number of ether oxygens (including phenoxy) is 2. The lowest BCUT2D eigenvalue weighted by Crippen LogP contribution is -2.01. The van der Waals surface area contributed by atoms with Crippen molar-refractivity contribution in [2.45, 2.75) is 12.8 Å². The Morgan fingerprint density at radius 2 is 2.17 bits per heavy atom. The van der Waals surface area contributed by atoms with Crippen LogP contribution in [-0.2, 0) is 4.74 Å². The largest absolute Gasteiger partial charge is 0.493 e. The van der Waals surface area contributed by atoms with Crippen LogP contribution in [0, 0.1) is 17.7 Å². The highest BCUT2D eigenvalue weighted by molar-refractivity contribution is 5.39. The minimum Gasteiger partial charge on any atom is -0.493 e. The maximum absolute atomic E-state index is 13.6. The highest BCUT2D eigenvalue weighted by atomic mass is 19.1. The minimum absolute atomic E-state index is 0.0185. The van der Waals surface area contributed by atoms with E-state index in [2.05, 4.69) is 11.8 Å². The van der Waals surface area contributed by atoms with Gasteiger partial charge >= 0.3 is 0 Å². The summed E-state index contributed by atoms with van der Waals surface area (Å²) in [6.07, 6.45) is 1.10. The summed E-state index contributed by atoms with van der Waals surface area (Å²) in [7, 11) is 1.62. The third-order valence-corrected chi connectivity index (χ3v) is 2.16. The molecule has 0 unspecified atom stereocenters. The molecule has 0 spiro atoms. The second-order valence-electron chi connectivity index (χ2n) is 3.61. The summed E-state index contributed by atoms with van der Waals surface area (Å²) in [4.78, 5) is 0. The second kappa shape index (κ2) is 8.51. The van der Waals surface area contributed by atoms with Gasteiger partial charge in [0.25, 0.3) is 0 Å². The molecule has 0 aromatic heterocycles. The van der Waals surface area contributed by atoms with Gasteiger partial charge in [-0.3, -0.25) is 0 Å². The predicted molar refractivity (Wildman–Crippen MR) is 67.0 cm³/mol. The molecule has 98 valence electrons. The lowest BCUT2D eigenvalue weighted by molar-refractivity contribution is 0.172. The van der Waals surface area contributed by atoms with E-state index in [-0.39, 0.29) is 6.61 Å². The summed E-state index contributed by atoms with van der Waals surface area (Å²) in [6, 6.07) is 4.57. The zero-order valence-electron chi connectivity index (χ0n) is 10.4. The maximum Gasteiger partial charge on any atom is 0.142 e. The molecule has 0 fully saturated rings. The fraction of sp³-hybridized carbons (Fsp3) is 0.429. The van der Waals surface area contributed by atoms with Gasteiger partial charge in [0.15, 0.2) is 0 Å². The molecule has 1 aromatic rings. The van der Waals surface area contributed by atoms with E-state index in [1.165, 1.54) is 6.07 Å². The van der Waals surface area contributed by atoms with Crippen molar-refractivity contribution in [1.29, 1.82) is 0 Å². The molecular weight excluding hydrogens is 235 g/mol. The minimum atomic E-state index is -0.412. The molecule has 0 aliphatic rings. The van der Waals surface area contributed by atoms with Crippen LogP contribution in [0.4, 0.5) is 4.39 Å². The Balaban J connectivity index is 2.54. The number of rotatable bonds is 6. The van der Waals surface area contributed by atoms with Gasteiger partial charge in [0.2, 0.25) is 0 Å². The molecular formula is C14H17FO3. The van der Waals surface area contributed by atoms with E-state index in [1.807, 2.05) is 0 Å². The van der Waals surface area contributed by atoms with Crippen LogP contribution < -0.4 is 4.74 Å². The van der Waals surface area contributed by atoms with Gasteiger partial charge in [-0.15, -0.1) is 0 Å². The SMILES string of the molecule is COCCCOc1ccc(C#CCCO)c(F)c1. The first kappa shape index (κ1) is 14.5. The molecule has 0 saturated heterocycles. The molecule has 0 aliphatic heterocycles. The molecule has 0 amide bonds. The monoisotopic (exact) mass is 252 g/mol. The van der Waals surface area contributed by atoms with E-state index in [0.717, 1.165) is 6.42 Å². The maximum atomic E-state index is 13.6. The lowest BCUT2D eigenvalue weighted by atomic mass is 10.2. The molecule has 18 heavy (non-hydrogen) atoms. The number of benzene rings is 1. The van der Waals surface area contributed by atoms with Gasteiger partial charge in [-0.2, -0.15) is 0 Å².